The smallest absolute Gasteiger partial charge is 0.274 e. The molecular weight excluding hydrogens is 257 g/mol. The molecule has 20 heavy (non-hydrogen) atoms. The fourth-order valence-electron chi connectivity index (χ4n) is 1.74. The molecule has 0 saturated carbocycles. The van der Waals surface area contributed by atoms with Gasteiger partial charge in [-0.15, -0.1) is 0 Å². The van der Waals surface area contributed by atoms with Gasteiger partial charge in [-0.3, -0.25) is 10.2 Å². The maximum Gasteiger partial charge on any atom is 0.274 e. The van der Waals surface area contributed by atoms with Gasteiger partial charge >= 0.3 is 0 Å². The van der Waals surface area contributed by atoms with Gasteiger partial charge in [0.2, 0.25) is 0 Å². The quantitative estimate of drug-likeness (QED) is 0.592. The minimum Gasteiger partial charge on any atom is -0.398 e. The molecule has 0 heterocycles. The molecule has 0 spiro atoms. The van der Waals surface area contributed by atoms with Crippen molar-refractivity contribution >= 4 is 23.0 Å². The van der Waals surface area contributed by atoms with E-state index in [1.54, 1.807) is 12.1 Å². The molecule has 2 rings (SSSR count). The molecule has 0 bridgehead atoms. The van der Waals surface area contributed by atoms with Crippen molar-refractivity contribution in [1.29, 1.82) is 5.41 Å². The summed E-state index contributed by atoms with van der Waals surface area (Å²) in [5.74, 6) is -0.977. The van der Waals surface area contributed by atoms with E-state index in [2.05, 4.69) is 5.32 Å². The molecule has 4 nitrogen and oxygen atoms in total. The first kappa shape index (κ1) is 13.7. The van der Waals surface area contributed by atoms with Gasteiger partial charge in [0.05, 0.1) is 0 Å². The summed E-state index contributed by atoms with van der Waals surface area (Å²) in [6.45, 7) is 1.86. The van der Waals surface area contributed by atoms with E-state index < -0.39 is 5.91 Å². The van der Waals surface area contributed by atoms with E-state index in [1.807, 2.05) is 13.0 Å². The van der Waals surface area contributed by atoms with Crippen molar-refractivity contribution in [3.63, 3.8) is 0 Å². The lowest BCUT2D eigenvalue weighted by Crippen LogP contribution is -2.23. The van der Waals surface area contributed by atoms with Gasteiger partial charge in [0.1, 0.15) is 11.5 Å². The molecule has 2 aromatic rings. The van der Waals surface area contributed by atoms with Crippen LogP contribution in [-0.4, -0.2) is 11.6 Å². The standard InChI is InChI=1S/C15H14FN3O/c1-9-2-7-13(17)12(8-9)14(18)15(20)19-11-5-3-10(16)4-6-11/h2-8,18H,17H2,1H3,(H,19,20). The number of aryl methyl sites for hydroxylation is 1. The Morgan fingerprint density at radius 3 is 2.50 bits per heavy atom. The second-order valence-corrected chi connectivity index (χ2v) is 4.43. The number of nitrogens with one attached hydrogen (secondary N) is 2. The number of rotatable bonds is 3. The van der Waals surface area contributed by atoms with Crippen LogP contribution in [0.25, 0.3) is 0 Å². The summed E-state index contributed by atoms with van der Waals surface area (Å²) >= 11 is 0. The van der Waals surface area contributed by atoms with E-state index in [4.69, 9.17) is 11.1 Å². The lowest BCUT2D eigenvalue weighted by molar-refractivity contribution is -0.110. The Balaban J connectivity index is 2.18. The van der Waals surface area contributed by atoms with Crippen molar-refractivity contribution in [2.45, 2.75) is 6.92 Å². The van der Waals surface area contributed by atoms with Crippen LogP contribution >= 0.6 is 0 Å². The summed E-state index contributed by atoms with van der Waals surface area (Å²) in [6.07, 6.45) is 0. The average Bonchev–Trinajstić information content (AvgIpc) is 2.43. The van der Waals surface area contributed by atoms with Gasteiger partial charge in [0, 0.05) is 16.9 Å². The van der Waals surface area contributed by atoms with Crippen molar-refractivity contribution in [3.05, 3.63) is 59.4 Å². The molecule has 4 N–H and O–H groups in total. The van der Waals surface area contributed by atoms with E-state index in [0.717, 1.165) is 5.56 Å². The fraction of sp³-hybridized carbons (Fsp3) is 0.0667. The van der Waals surface area contributed by atoms with Crippen LogP contribution in [0.4, 0.5) is 15.8 Å². The summed E-state index contributed by atoms with van der Waals surface area (Å²) in [5, 5.41) is 10.4. The van der Waals surface area contributed by atoms with Crippen molar-refractivity contribution in [3.8, 4) is 0 Å². The van der Waals surface area contributed by atoms with Crippen molar-refractivity contribution in [2.75, 3.05) is 11.1 Å². The van der Waals surface area contributed by atoms with Gasteiger partial charge in [-0.25, -0.2) is 4.39 Å². The molecule has 0 saturated heterocycles. The number of hydrogen-bond acceptors (Lipinski definition) is 3. The Morgan fingerprint density at radius 1 is 1.20 bits per heavy atom. The first-order valence-corrected chi connectivity index (χ1v) is 5.99. The molecule has 2 aromatic carbocycles. The van der Waals surface area contributed by atoms with E-state index in [9.17, 15) is 9.18 Å². The highest BCUT2D eigenvalue weighted by molar-refractivity contribution is 6.48. The van der Waals surface area contributed by atoms with Crippen LogP contribution in [-0.2, 0) is 4.79 Å². The van der Waals surface area contributed by atoms with Gasteiger partial charge in [-0.2, -0.15) is 0 Å². The molecule has 5 heteroatoms. The topological polar surface area (TPSA) is 79.0 Å². The number of halogens is 1. The molecule has 0 unspecified atom stereocenters. The molecule has 0 aromatic heterocycles. The Kier molecular flexibility index (Phi) is 3.79. The second-order valence-electron chi connectivity index (χ2n) is 4.43. The average molecular weight is 271 g/mol. The monoisotopic (exact) mass is 271 g/mol. The fourth-order valence-corrected chi connectivity index (χ4v) is 1.74. The zero-order valence-electron chi connectivity index (χ0n) is 10.9. The number of hydrogen-bond donors (Lipinski definition) is 3. The first-order valence-electron chi connectivity index (χ1n) is 5.99. The number of carbonyl (C=O) groups excluding carboxylic acids is 1. The van der Waals surface area contributed by atoms with Gasteiger partial charge in [0.25, 0.3) is 5.91 Å². The molecule has 0 aliphatic rings. The summed E-state index contributed by atoms with van der Waals surface area (Å²) in [7, 11) is 0. The Bertz CT molecular complexity index is 665. The van der Waals surface area contributed by atoms with E-state index >= 15 is 0 Å². The minimum atomic E-state index is -0.589. The van der Waals surface area contributed by atoms with Crippen LogP contribution in [0.3, 0.4) is 0 Å². The molecule has 0 aliphatic heterocycles. The highest BCUT2D eigenvalue weighted by atomic mass is 19.1. The number of carbonyl (C=O) groups is 1. The third-order valence-electron chi connectivity index (χ3n) is 2.81. The predicted molar refractivity (Wildman–Crippen MR) is 77.4 cm³/mol. The molecule has 0 fully saturated rings. The van der Waals surface area contributed by atoms with Crippen molar-refractivity contribution in [1.82, 2.24) is 0 Å². The van der Waals surface area contributed by atoms with Gasteiger partial charge in [-0.05, 0) is 43.3 Å². The van der Waals surface area contributed by atoms with Crippen molar-refractivity contribution < 1.29 is 9.18 Å². The first-order chi connectivity index (χ1) is 9.47. The predicted octanol–water partition coefficient (Wildman–Crippen LogP) is 2.72. The lowest BCUT2D eigenvalue weighted by Gasteiger charge is -2.09. The van der Waals surface area contributed by atoms with Crippen LogP contribution in [0.15, 0.2) is 42.5 Å². The highest BCUT2D eigenvalue weighted by Gasteiger charge is 2.15. The maximum atomic E-state index is 12.8. The van der Waals surface area contributed by atoms with Crippen LogP contribution in [0, 0.1) is 18.2 Å². The molecule has 102 valence electrons. The number of anilines is 2. The Hall–Kier alpha value is -2.69. The van der Waals surface area contributed by atoms with E-state index in [0.29, 0.717) is 16.9 Å². The molecular formula is C15H14FN3O. The lowest BCUT2D eigenvalue weighted by atomic mass is 10.0. The summed E-state index contributed by atoms with van der Waals surface area (Å²) in [6, 6.07) is 10.5. The van der Waals surface area contributed by atoms with Crippen LogP contribution in [0.1, 0.15) is 11.1 Å². The molecule has 1 amide bonds. The third-order valence-corrected chi connectivity index (χ3v) is 2.81. The van der Waals surface area contributed by atoms with Gasteiger partial charge in [-0.1, -0.05) is 11.6 Å². The second kappa shape index (κ2) is 5.52. The van der Waals surface area contributed by atoms with E-state index in [1.165, 1.54) is 24.3 Å². The zero-order chi connectivity index (χ0) is 14.7. The SMILES string of the molecule is Cc1ccc(N)c(C(=N)C(=O)Nc2ccc(F)cc2)c1. The summed E-state index contributed by atoms with van der Waals surface area (Å²) < 4.78 is 12.8. The summed E-state index contributed by atoms with van der Waals surface area (Å²) in [4.78, 5) is 12.0. The normalized spacial score (nSPS) is 10.1. The Labute approximate surface area is 115 Å². The van der Waals surface area contributed by atoms with Crippen LogP contribution in [0.2, 0.25) is 0 Å². The molecule has 0 radical (unpaired) electrons. The largest absolute Gasteiger partial charge is 0.398 e. The van der Waals surface area contributed by atoms with E-state index in [-0.39, 0.29) is 11.5 Å². The minimum absolute atomic E-state index is 0.226. The number of nitrogen functional groups attached to an aromatic ring is 1. The maximum absolute atomic E-state index is 12.8. The van der Waals surface area contributed by atoms with Crippen LogP contribution in [0.5, 0.6) is 0 Å². The van der Waals surface area contributed by atoms with Crippen molar-refractivity contribution in [2.24, 2.45) is 0 Å². The van der Waals surface area contributed by atoms with Crippen LogP contribution < -0.4 is 11.1 Å². The Morgan fingerprint density at radius 2 is 1.85 bits per heavy atom. The third kappa shape index (κ3) is 3.00. The number of amides is 1. The number of nitrogens with two attached hydrogens (primary N) is 1. The highest BCUT2D eigenvalue weighted by Crippen LogP contribution is 2.16. The zero-order valence-corrected chi connectivity index (χ0v) is 10.9. The summed E-state index contributed by atoms with van der Waals surface area (Å²) in [5.41, 5.74) is 7.63. The molecule has 0 atom stereocenters. The van der Waals surface area contributed by atoms with Gasteiger partial charge in [0.15, 0.2) is 0 Å². The van der Waals surface area contributed by atoms with Gasteiger partial charge < -0.3 is 11.1 Å². The molecule has 0 aliphatic carbocycles. The number of benzene rings is 2.